The molecule has 0 saturated carbocycles. The lowest BCUT2D eigenvalue weighted by molar-refractivity contribution is -0.120. The number of hydrogen-bond donors (Lipinski definition) is 1. The highest BCUT2D eigenvalue weighted by molar-refractivity contribution is 7.91. The van der Waals surface area contributed by atoms with Crippen molar-refractivity contribution in [2.24, 2.45) is 5.92 Å². The maximum atomic E-state index is 12.8. The summed E-state index contributed by atoms with van der Waals surface area (Å²) in [6.07, 6.45) is 0.926. The van der Waals surface area contributed by atoms with Gasteiger partial charge in [0, 0.05) is 19.0 Å². The zero-order valence-electron chi connectivity index (χ0n) is 16.3. The van der Waals surface area contributed by atoms with Gasteiger partial charge < -0.3 is 5.32 Å². The minimum atomic E-state index is -3.57. The summed E-state index contributed by atoms with van der Waals surface area (Å²) in [4.78, 5) is 21.9. The lowest BCUT2D eigenvalue weighted by atomic mass is 9.97. The van der Waals surface area contributed by atoms with Crippen LogP contribution in [0, 0.1) is 12.8 Å². The number of carbonyl (C=O) groups excluding carboxylic acids is 1. The fraction of sp³-hybridized carbons (Fsp3) is 0.316. The Morgan fingerprint density at radius 1 is 1.13 bits per heavy atom. The van der Waals surface area contributed by atoms with Crippen LogP contribution >= 0.6 is 45.6 Å². The molecule has 3 aromatic heterocycles. The lowest BCUT2D eigenvalue weighted by Gasteiger charge is -2.29. The van der Waals surface area contributed by atoms with Crippen LogP contribution in [0.3, 0.4) is 0 Å². The standard InChI is InChI=1S/C19H17ClN4O3S4/c1-10-21-16-13(28-10)3-2-12-17(16)30-19(22-12)23-18(25)11-6-8-24(9-7-11)31(26,27)15-5-4-14(20)29-15/h2-5,11H,6-9H2,1H3,(H,22,23,25). The predicted octanol–water partition coefficient (Wildman–Crippen LogP) is 4.97. The Morgan fingerprint density at radius 2 is 1.90 bits per heavy atom. The Morgan fingerprint density at radius 3 is 2.61 bits per heavy atom. The maximum absolute atomic E-state index is 12.8. The van der Waals surface area contributed by atoms with Gasteiger partial charge in [0.15, 0.2) is 5.13 Å². The summed E-state index contributed by atoms with van der Waals surface area (Å²) < 4.78 is 29.7. The Bertz CT molecular complexity index is 1400. The van der Waals surface area contributed by atoms with E-state index in [9.17, 15) is 13.2 Å². The van der Waals surface area contributed by atoms with Crippen molar-refractivity contribution in [2.75, 3.05) is 18.4 Å². The number of thiophene rings is 1. The highest BCUT2D eigenvalue weighted by Crippen LogP contribution is 2.35. The van der Waals surface area contributed by atoms with Crippen LogP contribution in [0.2, 0.25) is 4.34 Å². The summed E-state index contributed by atoms with van der Waals surface area (Å²) >= 11 is 9.99. The monoisotopic (exact) mass is 512 g/mol. The fourth-order valence-electron chi connectivity index (χ4n) is 3.67. The van der Waals surface area contributed by atoms with Crippen LogP contribution in [0.1, 0.15) is 17.8 Å². The van der Waals surface area contributed by atoms with Gasteiger partial charge in [-0.25, -0.2) is 18.4 Å². The molecule has 1 N–H and O–H groups in total. The minimum absolute atomic E-state index is 0.124. The number of benzene rings is 1. The Hall–Kier alpha value is -1.63. The molecule has 1 aliphatic heterocycles. The molecule has 4 heterocycles. The molecule has 0 spiro atoms. The van der Waals surface area contributed by atoms with E-state index in [2.05, 4.69) is 15.3 Å². The van der Waals surface area contributed by atoms with Crippen molar-refractivity contribution >= 4 is 87.1 Å². The van der Waals surface area contributed by atoms with E-state index in [1.165, 1.54) is 21.7 Å². The van der Waals surface area contributed by atoms with E-state index >= 15 is 0 Å². The summed E-state index contributed by atoms with van der Waals surface area (Å²) in [7, 11) is -3.57. The number of hydrogen-bond acceptors (Lipinski definition) is 8. The smallest absolute Gasteiger partial charge is 0.252 e. The van der Waals surface area contributed by atoms with Crippen molar-refractivity contribution in [3.63, 3.8) is 0 Å². The van der Waals surface area contributed by atoms with Gasteiger partial charge in [0.05, 0.1) is 24.3 Å². The highest BCUT2D eigenvalue weighted by Gasteiger charge is 2.33. The minimum Gasteiger partial charge on any atom is -0.302 e. The number of sulfonamides is 1. The SMILES string of the molecule is Cc1nc2c(ccc3nc(NC(=O)C4CCN(S(=O)(=O)c5ccc(Cl)s5)CC4)sc32)s1. The molecule has 0 aliphatic carbocycles. The Labute approximate surface area is 195 Å². The van der Waals surface area contributed by atoms with Gasteiger partial charge in [-0.3, -0.25) is 4.79 Å². The molecule has 162 valence electrons. The van der Waals surface area contributed by atoms with Crippen molar-refractivity contribution in [3.05, 3.63) is 33.6 Å². The molecular weight excluding hydrogens is 496 g/mol. The largest absolute Gasteiger partial charge is 0.302 e. The molecule has 0 unspecified atom stereocenters. The van der Waals surface area contributed by atoms with Gasteiger partial charge in [-0.05, 0) is 44.0 Å². The van der Waals surface area contributed by atoms with E-state index in [0.717, 1.165) is 36.8 Å². The molecule has 5 rings (SSSR count). The normalized spacial score (nSPS) is 16.3. The van der Waals surface area contributed by atoms with E-state index < -0.39 is 10.0 Å². The molecule has 4 aromatic rings. The van der Waals surface area contributed by atoms with Gasteiger partial charge in [0.2, 0.25) is 5.91 Å². The number of aromatic nitrogens is 2. The van der Waals surface area contributed by atoms with Gasteiger partial charge in [-0.2, -0.15) is 4.31 Å². The average molecular weight is 513 g/mol. The molecule has 0 atom stereocenters. The second kappa shape index (κ2) is 8.05. The first-order valence-electron chi connectivity index (χ1n) is 9.54. The molecular formula is C19H17ClN4O3S4. The molecule has 0 radical (unpaired) electrons. The number of carbonyl (C=O) groups is 1. The number of nitrogens with one attached hydrogen (secondary N) is 1. The van der Waals surface area contributed by atoms with Crippen LogP contribution in [0.5, 0.6) is 0 Å². The van der Waals surface area contributed by atoms with Crippen LogP contribution in [0.4, 0.5) is 5.13 Å². The molecule has 1 saturated heterocycles. The summed E-state index contributed by atoms with van der Waals surface area (Å²) in [6.45, 7) is 2.57. The van der Waals surface area contributed by atoms with Gasteiger partial charge in [0.25, 0.3) is 10.0 Å². The van der Waals surface area contributed by atoms with E-state index in [4.69, 9.17) is 11.6 Å². The van der Waals surface area contributed by atoms with Gasteiger partial charge in [0.1, 0.15) is 9.73 Å². The molecule has 7 nitrogen and oxygen atoms in total. The number of amides is 1. The fourth-order valence-corrected chi connectivity index (χ4v) is 8.64. The van der Waals surface area contributed by atoms with E-state index in [0.29, 0.717) is 35.4 Å². The van der Waals surface area contributed by atoms with Crippen LogP contribution in [0.25, 0.3) is 20.4 Å². The molecule has 1 aromatic carbocycles. The third-order valence-corrected chi connectivity index (χ3v) is 10.7. The van der Waals surface area contributed by atoms with Crippen LogP contribution in [-0.2, 0) is 14.8 Å². The number of fused-ring (bicyclic) bond motifs is 3. The van der Waals surface area contributed by atoms with Crippen molar-refractivity contribution in [2.45, 2.75) is 24.0 Å². The zero-order chi connectivity index (χ0) is 21.8. The van der Waals surface area contributed by atoms with Gasteiger partial charge in [-0.1, -0.05) is 22.9 Å². The Balaban J connectivity index is 1.27. The van der Waals surface area contributed by atoms with E-state index in [1.807, 2.05) is 19.1 Å². The number of thiazole rings is 2. The third-order valence-electron chi connectivity index (χ3n) is 5.22. The van der Waals surface area contributed by atoms with Crippen molar-refractivity contribution in [1.82, 2.24) is 14.3 Å². The molecule has 1 amide bonds. The molecule has 12 heteroatoms. The number of piperidine rings is 1. The van der Waals surface area contributed by atoms with Crippen LogP contribution in [-0.4, -0.2) is 41.7 Å². The van der Waals surface area contributed by atoms with Crippen molar-refractivity contribution < 1.29 is 13.2 Å². The first kappa shape index (κ1) is 21.2. The van der Waals surface area contributed by atoms with Crippen LogP contribution < -0.4 is 5.32 Å². The number of aryl methyl sites for hydroxylation is 1. The first-order valence-corrected chi connectivity index (χ1v) is 13.8. The summed E-state index contributed by atoms with van der Waals surface area (Å²) in [6, 6.07) is 7.05. The predicted molar refractivity (Wildman–Crippen MR) is 127 cm³/mol. The second-order valence-corrected chi connectivity index (χ2v) is 13.4. The molecule has 31 heavy (non-hydrogen) atoms. The van der Waals surface area contributed by atoms with Gasteiger partial charge >= 0.3 is 0 Å². The number of halogens is 1. The Kier molecular flexibility index (Phi) is 5.51. The third kappa shape index (κ3) is 3.98. The molecule has 1 fully saturated rings. The molecule has 1 aliphatic rings. The number of rotatable bonds is 4. The number of anilines is 1. The quantitative estimate of drug-likeness (QED) is 0.417. The zero-order valence-corrected chi connectivity index (χ0v) is 20.3. The van der Waals surface area contributed by atoms with Crippen molar-refractivity contribution in [1.29, 1.82) is 0 Å². The van der Waals surface area contributed by atoms with E-state index in [1.54, 1.807) is 17.4 Å². The van der Waals surface area contributed by atoms with Crippen LogP contribution in [0.15, 0.2) is 28.5 Å². The summed E-state index contributed by atoms with van der Waals surface area (Å²) in [5.74, 6) is -0.382. The lowest BCUT2D eigenvalue weighted by Crippen LogP contribution is -2.41. The molecule has 0 bridgehead atoms. The van der Waals surface area contributed by atoms with Crippen molar-refractivity contribution in [3.8, 4) is 0 Å². The van der Waals surface area contributed by atoms with E-state index in [-0.39, 0.29) is 16.0 Å². The highest BCUT2D eigenvalue weighted by atomic mass is 35.5. The topological polar surface area (TPSA) is 92.3 Å². The maximum Gasteiger partial charge on any atom is 0.252 e. The van der Waals surface area contributed by atoms with Gasteiger partial charge in [-0.15, -0.1) is 22.7 Å². The summed E-state index contributed by atoms with van der Waals surface area (Å²) in [5.41, 5.74) is 1.74. The summed E-state index contributed by atoms with van der Waals surface area (Å²) in [5, 5.41) is 4.46. The second-order valence-electron chi connectivity index (χ2n) is 7.24. The number of nitrogens with zero attached hydrogens (tertiary/aromatic N) is 3. The average Bonchev–Trinajstić information content (AvgIpc) is 3.45. The first-order chi connectivity index (χ1) is 14.8.